The first-order valence-electron chi connectivity index (χ1n) is 11.3. The fourth-order valence-electron chi connectivity index (χ4n) is 4.05. The highest BCUT2D eigenvalue weighted by Gasteiger charge is 2.17. The van der Waals surface area contributed by atoms with Crippen molar-refractivity contribution in [3.8, 4) is 0 Å². The molecule has 0 heterocycles. The second-order valence-electron chi connectivity index (χ2n) is 8.87. The van der Waals surface area contributed by atoms with Gasteiger partial charge >= 0.3 is 0 Å². The third-order valence-corrected chi connectivity index (χ3v) is 5.99. The van der Waals surface area contributed by atoms with Crippen LogP contribution in [0, 0.1) is 19.8 Å². The van der Waals surface area contributed by atoms with Crippen molar-refractivity contribution < 1.29 is 0 Å². The minimum Gasteiger partial charge on any atom is -0.314 e. The molecule has 2 aromatic carbocycles. The topological polar surface area (TPSA) is 12.0 Å². The standard InChI is InChI=1S/C27H41N/c1-6-8-25(26-16-12-23(5)13-17-26)18-19-27(21(2)3)28-20-7-9-24-14-10-22(4)11-15-24/h10-17,21,25,27-28H,6-9,18-20H2,1-5H3. The molecule has 154 valence electrons. The molecule has 0 amide bonds. The lowest BCUT2D eigenvalue weighted by atomic mass is 9.86. The molecule has 1 heteroatoms. The molecule has 0 fully saturated rings. The van der Waals surface area contributed by atoms with E-state index in [9.17, 15) is 0 Å². The van der Waals surface area contributed by atoms with Gasteiger partial charge in [-0.25, -0.2) is 0 Å². The Kier molecular flexibility index (Phi) is 9.78. The van der Waals surface area contributed by atoms with Crippen LogP contribution in [0.15, 0.2) is 48.5 Å². The molecule has 0 spiro atoms. The largest absolute Gasteiger partial charge is 0.314 e. The average molecular weight is 380 g/mol. The molecule has 0 aliphatic heterocycles. The van der Waals surface area contributed by atoms with Crippen molar-refractivity contribution in [3.05, 3.63) is 70.8 Å². The maximum atomic E-state index is 3.86. The summed E-state index contributed by atoms with van der Waals surface area (Å²) in [6.07, 6.45) is 7.48. The summed E-state index contributed by atoms with van der Waals surface area (Å²) in [7, 11) is 0. The molecule has 28 heavy (non-hydrogen) atoms. The van der Waals surface area contributed by atoms with Crippen LogP contribution in [0.4, 0.5) is 0 Å². The lowest BCUT2D eigenvalue weighted by molar-refractivity contribution is 0.353. The molecule has 2 atom stereocenters. The van der Waals surface area contributed by atoms with Crippen molar-refractivity contribution in [3.63, 3.8) is 0 Å². The Morgan fingerprint density at radius 3 is 1.96 bits per heavy atom. The smallest absolute Gasteiger partial charge is 0.00902 e. The van der Waals surface area contributed by atoms with E-state index in [4.69, 9.17) is 0 Å². The maximum Gasteiger partial charge on any atom is 0.00902 e. The Morgan fingerprint density at radius 2 is 1.39 bits per heavy atom. The van der Waals surface area contributed by atoms with Gasteiger partial charge in [-0.15, -0.1) is 0 Å². The molecule has 0 aliphatic carbocycles. The third kappa shape index (κ3) is 7.80. The monoisotopic (exact) mass is 379 g/mol. The predicted molar refractivity (Wildman–Crippen MR) is 124 cm³/mol. The average Bonchev–Trinajstić information content (AvgIpc) is 2.68. The maximum absolute atomic E-state index is 3.86. The summed E-state index contributed by atoms with van der Waals surface area (Å²) in [5.41, 5.74) is 5.68. The lowest BCUT2D eigenvalue weighted by Gasteiger charge is -2.25. The molecule has 0 radical (unpaired) electrons. The van der Waals surface area contributed by atoms with Crippen molar-refractivity contribution >= 4 is 0 Å². The number of rotatable bonds is 12. The number of benzene rings is 2. The Labute approximate surface area is 174 Å². The van der Waals surface area contributed by atoms with Gasteiger partial charge in [-0.05, 0) is 75.5 Å². The zero-order chi connectivity index (χ0) is 20.4. The molecule has 0 aliphatic rings. The van der Waals surface area contributed by atoms with Crippen molar-refractivity contribution in [1.29, 1.82) is 0 Å². The molecule has 0 aromatic heterocycles. The Balaban J connectivity index is 1.81. The number of hydrogen-bond acceptors (Lipinski definition) is 1. The highest BCUT2D eigenvalue weighted by atomic mass is 14.9. The van der Waals surface area contributed by atoms with Gasteiger partial charge in [0.05, 0.1) is 0 Å². The summed E-state index contributed by atoms with van der Waals surface area (Å²) in [6.45, 7) is 12.5. The van der Waals surface area contributed by atoms with E-state index < -0.39 is 0 Å². The van der Waals surface area contributed by atoms with Crippen LogP contribution in [0.25, 0.3) is 0 Å². The summed E-state index contributed by atoms with van der Waals surface area (Å²) < 4.78 is 0. The Bertz CT molecular complexity index is 654. The Hall–Kier alpha value is -1.60. The summed E-state index contributed by atoms with van der Waals surface area (Å²) in [5, 5.41) is 3.86. The molecular formula is C27H41N. The molecule has 2 unspecified atom stereocenters. The van der Waals surface area contributed by atoms with E-state index in [2.05, 4.69) is 88.5 Å². The van der Waals surface area contributed by atoms with Gasteiger partial charge < -0.3 is 5.32 Å². The van der Waals surface area contributed by atoms with Crippen molar-refractivity contribution in [1.82, 2.24) is 5.32 Å². The van der Waals surface area contributed by atoms with Gasteiger partial charge in [0.25, 0.3) is 0 Å². The van der Waals surface area contributed by atoms with E-state index in [1.807, 2.05) is 0 Å². The molecule has 2 aromatic rings. The zero-order valence-corrected chi connectivity index (χ0v) is 18.8. The SMILES string of the molecule is CCCC(CCC(NCCCc1ccc(C)cc1)C(C)C)c1ccc(C)cc1. The highest BCUT2D eigenvalue weighted by Crippen LogP contribution is 2.28. The molecule has 0 saturated heterocycles. The predicted octanol–water partition coefficient (Wildman–Crippen LogP) is 7.21. The van der Waals surface area contributed by atoms with Gasteiger partial charge in [0, 0.05) is 6.04 Å². The highest BCUT2D eigenvalue weighted by molar-refractivity contribution is 5.24. The van der Waals surface area contributed by atoms with Crippen LogP contribution in [0.1, 0.15) is 81.0 Å². The van der Waals surface area contributed by atoms with Gasteiger partial charge in [0.15, 0.2) is 0 Å². The summed E-state index contributed by atoms with van der Waals surface area (Å²) >= 11 is 0. The van der Waals surface area contributed by atoms with Crippen molar-refractivity contribution in [2.75, 3.05) is 6.54 Å². The van der Waals surface area contributed by atoms with Gasteiger partial charge in [-0.3, -0.25) is 0 Å². The fourth-order valence-corrected chi connectivity index (χ4v) is 4.05. The lowest BCUT2D eigenvalue weighted by Crippen LogP contribution is -2.35. The second-order valence-corrected chi connectivity index (χ2v) is 8.87. The molecule has 1 N–H and O–H groups in total. The first-order chi connectivity index (χ1) is 13.5. The number of aryl methyl sites for hydroxylation is 3. The summed E-state index contributed by atoms with van der Waals surface area (Å²) in [5.74, 6) is 1.38. The van der Waals surface area contributed by atoms with Crippen molar-refractivity contribution in [2.24, 2.45) is 5.92 Å². The van der Waals surface area contributed by atoms with Crippen molar-refractivity contribution in [2.45, 2.75) is 85.1 Å². The Morgan fingerprint density at radius 1 is 0.786 bits per heavy atom. The molecule has 0 saturated carbocycles. The van der Waals surface area contributed by atoms with Gasteiger partial charge in [-0.2, -0.15) is 0 Å². The summed E-state index contributed by atoms with van der Waals surface area (Å²) in [6, 6.07) is 18.8. The van der Waals surface area contributed by atoms with E-state index >= 15 is 0 Å². The van der Waals surface area contributed by atoms with Crippen LogP contribution >= 0.6 is 0 Å². The van der Waals surface area contributed by atoms with E-state index in [0.29, 0.717) is 17.9 Å². The third-order valence-electron chi connectivity index (χ3n) is 5.99. The van der Waals surface area contributed by atoms with Crippen LogP contribution in [0.2, 0.25) is 0 Å². The van der Waals surface area contributed by atoms with Gasteiger partial charge in [-0.1, -0.05) is 86.8 Å². The normalized spacial score (nSPS) is 13.6. The van der Waals surface area contributed by atoms with E-state index in [1.54, 1.807) is 0 Å². The second kappa shape index (κ2) is 12.1. The summed E-state index contributed by atoms with van der Waals surface area (Å²) in [4.78, 5) is 0. The van der Waals surface area contributed by atoms with E-state index in [0.717, 1.165) is 6.54 Å². The molecule has 0 bridgehead atoms. The quantitative estimate of drug-likeness (QED) is 0.384. The van der Waals surface area contributed by atoms with Crippen LogP contribution in [-0.4, -0.2) is 12.6 Å². The van der Waals surface area contributed by atoms with E-state index in [-0.39, 0.29) is 0 Å². The number of nitrogens with one attached hydrogen (secondary N) is 1. The zero-order valence-electron chi connectivity index (χ0n) is 18.8. The van der Waals surface area contributed by atoms with Crippen LogP contribution in [-0.2, 0) is 6.42 Å². The first-order valence-corrected chi connectivity index (χ1v) is 11.3. The van der Waals surface area contributed by atoms with Crippen LogP contribution < -0.4 is 5.32 Å². The first kappa shape index (κ1) is 22.7. The molecular weight excluding hydrogens is 338 g/mol. The minimum atomic E-state index is 0.614. The molecule has 2 rings (SSSR count). The van der Waals surface area contributed by atoms with E-state index in [1.165, 1.54) is 60.8 Å². The van der Waals surface area contributed by atoms with Gasteiger partial charge in [0.2, 0.25) is 0 Å². The minimum absolute atomic E-state index is 0.614. The number of hydrogen-bond donors (Lipinski definition) is 1. The van der Waals surface area contributed by atoms with Crippen LogP contribution in [0.3, 0.4) is 0 Å². The van der Waals surface area contributed by atoms with Crippen LogP contribution in [0.5, 0.6) is 0 Å². The molecule has 1 nitrogen and oxygen atoms in total. The fraction of sp³-hybridized carbons (Fsp3) is 0.556. The van der Waals surface area contributed by atoms with Gasteiger partial charge in [0.1, 0.15) is 0 Å².